The van der Waals surface area contributed by atoms with Gasteiger partial charge in [-0.1, -0.05) is 49.2 Å². The molecule has 1 saturated heterocycles. The number of amides is 1. The molecule has 4 aromatic rings. The highest BCUT2D eigenvalue weighted by Gasteiger charge is 2.25. The van der Waals surface area contributed by atoms with E-state index in [-0.39, 0.29) is 22.8 Å². The Morgan fingerprint density at radius 3 is 2.74 bits per heavy atom. The van der Waals surface area contributed by atoms with Gasteiger partial charge in [0.1, 0.15) is 29.3 Å². The van der Waals surface area contributed by atoms with Gasteiger partial charge in [0.15, 0.2) is 5.78 Å². The van der Waals surface area contributed by atoms with Crippen molar-refractivity contribution in [2.24, 2.45) is 0 Å². The van der Waals surface area contributed by atoms with E-state index in [1.807, 2.05) is 35.2 Å². The molecule has 0 radical (unpaired) electrons. The van der Waals surface area contributed by atoms with Gasteiger partial charge >= 0.3 is 0 Å². The Hall–Kier alpha value is -4.17. The van der Waals surface area contributed by atoms with E-state index >= 15 is 0 Å². The number of hydrogen-bond donors (Lipinski definition) is 2. The van der Waals surface area contributed by atoms with Crippen LogP contribution in [-0.2, 0) is 4.79 Å². The molecule has 1 aliphatic rings. The van der Waals surface area contributed by atoms with Gasteiger partial charge in [-0.05, 0) is 43.2 Å². The number of carbonyl (C=O) groups excluding carboxylic acids is 2. The number of rotatable bonds is 8. The summed E-state index contributed by atoms with van der Waals surface area (Å²) < 4.78 is 5.84. The molecular formula is C29H28ClN5O3. The summed E-state index contributed by atoms with van der Waals surface area (Å²) in [5.74, 6) is 1.40. The van der Waals surface area contributed by atoms with Crippen molar-refractivity contribution in [1.29, 1.82) is 0 Å². The fraction of sp³-hybridized carbons (Fsp3) is 0.241. The van der Waals surface area contributed by atoms with Crippen molar-refractivity contribution in [2.75, 3.05) is 18.4 Å². The molecule has 2 N–H and O–H groups in total. The minimum atomic E-state index is -0.261. The predicted octanol–water partition coefficient (Wildman–Crippen LogP) is 6.00. The van der Waals surface area contributed by atoms with Gasteiger partial charge in [-0.2, -0.15) is 0 Å². The molecule has 2 aromatic heterocycles. The minimum absolute atomic E-state index is 0.00212. The van der Waals surface area contributed by atoms with Crippen LogP contribution in [0.3, 0.4) is 0 Å². The number of aromatic amines is 1. The zero-order valence-electron chi connectivity index (χ0n) is 20.8. The van der Waals surface area contributed by atoms with E-state index in [1.165, 1.54) is 12.4 Å². The Morgan fingerprint density at radius 1 is 1.11 bits per heavy atom. The van der Waals surface area contributed by atoms with Crippen LogP contribution in [-0.4, -0.2) is 50.7 Å². The molecule has 0 spiro atoms. The van der Waals surface area contributed by atoms with Crippen molar-refractivity contribution < 1.29 is 14.3 Å². The summed E-state index contributed by atoms with van der Waals surface area (Å²) in [4.78, 5) is 39.7. The molecule has 1 unspecified atom stereocenters. The van der Waals surface area contributed by atoms with Crippen molar-refractivity contribution in [2.45, 2.75) is 31.7 Å². The largest absolute Gasteiger partial charge is 0.457 e. The number of aromatic nitrogens is 3. The third kappa shape index (κ3) is 5.40. The summed E-state index contributed by atoms with van der Waals surface area (Å²) in [6.45, 7) is 4.85. The lowest BCUT2D eigenvalue weighted by Crippen LogP contribution is -2.43. The average Bonchev–Trinajstić information content (AvgIpc) is 3.24. The molecule has 9 heteroatoms. The smallest absolute Gasteiger partial charge is 0.246 e. The number of ketones is 1. The number of nitrogens with one attached hydrogen (secondary N) is 2. The van der Waals surface area contributed by atoms with Crippen molar-refractivity contribution >= 4 is 40.1 Å². The maximum atomic E-state index is 13.6. The number of benzene rings is 2. The molecule has 0 saturated carbocycles. The Bertz CT molecular complexity index is 1470. The summed E-state index contributed by atoms with van der Waals surface area (Å²) >= 11 is 6.53. The first-order valence-corrected chi connectivity index (χ1v) is 13.0. The van der Waals surface area contributed by atoms with Crippen LogP contribution in [0, 0.1) is 0 Å². The predicted molar refractivity (Wildman–Crippen MR) is 148 cm³/mol. The van der Waals surface area contributed by atoms with Crippen LogP contribution in [0.1, 0.15) is 41.6 Å². The summed E-state index contributed by atoms with van der Waals surface area (Å²) in [6.07, 6.45) is 8.41. The van der Waals surface area contributed by atoms with E-state index in [0.717, 1.165) is 25.7 Å². The molecule has 1 fully saturated rings. The summed E-state index contributed by atoms with van der Waals surface area (Å²) in [7, 11) is 0. The van der Waals surface area contributed by atoms with Crippen LogP contribution in [0.15, 0.2) is 73.7 Å². The van der Waals surface area contributed by atoms with Crippen LogP contribution < -0.4 is 10.1 Å². The number of likely N-dealkylation sites (tertiary alicyclic amines) is 1. The second-order valence-electron chi connectivity index (χ2n) is 9.15. The first-order valence-electron chi connectivity index (χ1n) is 12.6. The Labute approximate surface area is 225 Å². The van der Waals surface area contributed by atoms with Gasteiger partial charge in [-0.15, -0.1) is 0 Å². The number of para-hydroxylation sites is 1. The highest BCUT2D eigenvalue weighted by Crippen LogP contribution is 2.31. The van der Waals surface area contributed by atoms with E-state index < -0.39 is 0 Å². The molecular weight excluding hydrogens is 502 g/mol. The SMILES string of the molecule is C=CC(=O)N1CCCCCC1CNc1ncnc2[nH]cc(C(=O)c3ccc(Oc4ccccc4)cc3Cl)c12. The number of H-pyrrole nitrogens is 1. The molecule has 0 aliphatic carbocycles. The van der Waals surface area contributed by atoms with E-state index in [9.17, 15) is 9.59 Å². The monoisotopic (exact) mass is 529 g/mol. The summed E-state index contributed by atoms with van der Waals surface area (Å²) in [5.41, 5.74) is 1.28. The van der Waals surface area contributed by atoms with E-state index in [1.54, 1.807) is 24.4 Å². The van der Waals surface area contributed by atoms with Crippen molar-refractivity contribution in [3.05, 3.63) is 89.9 Å². The van der Waals surface area contributed by atoms with Crippen molar-refractivity contribution in [1.82, 2.24) is 19.9 Å². The number of ether oxygens (including phenoxy) is 1. The number of fused-ring (bicyclic) bond motifs is 1. The molecule has 0 bridgehead atoms. The number of nitrogens with zero attached hydrogens (tertiary/aromatic N) is 3. The molecule has 3 heterocycles. The second-order valence-corrected chi connectivity index (χ2v) is 9.56. The van der Waals surface area contributed by atoms with Crippen LogP contribution in [0.25, 0.3) is 11.0 Å². The maximum absolute atomic E-state index is 13.6. The fourth-order valence-electron chi connectivity index (χ4n) is 4.80. The zero-order chi connectivity index (χ0) is 26.5. The Morgan fingerprint density at radius 2 is 1.95 bits per heavy atom. The molecule has 1 amide bonds. The van der Waals surface area contributed by atoms with Crippen LogP contribution in [0.4, 0.5) is 5.82 Å². The lowest BCUT2D eigenvalue weighted by Gasteiger charge is -2.29. The Balaban J connectivity index is 1.39. The van der Waals surface area contributed by atoms with E-state index in [4.69, 9.17) is 16.3 Å². The molecule has 38 heavy (non-hydrogen) atoms. The molecule has 1 aliphatic heterocycles. The molecule has 1 atom stereocenters. The second kappa shape index (κ2) is 11.5. The van der Waals surface area contributed by atoms with Gasteiger partial charge in [0.05, 0.1) is 16.0 Å². The molecule has 5 rings (SSSR count). The lowest BCUT2D eigenvalue weighted by molar-refractivity contribution is -0.127. The average molecular weight is 530 g/mol. The zero-order valence-corrected chi connectivity index (χ0v) is 21.6. The topological polar surface area (TPSA) is 100 Å². The highest BCUT2D eigenvalue weighted by molar-refractivity contribution is 6.35. The third-order valence-corrected chi connectivity index (χ3v) is 7.03. The molecule has 2 aromatic carbocycles. The van der Waals surface area contributed by atoms with Crippen LogP contribution in [0.2, 0.25) is 5.02 Å². The van der Waals surface area contributed by atoms with Gasteiger partial charge in [0.25, 0.3) is 0 Å². The summed E-state index contributed by atoms with van der Waals surface area (Å²) in [5, 5.41) is 4.23. The van der Waals surface area contributed by atoms with Gasteiger partial charge in [0.2, 0.25) is 5.91 Å². The van der Waals surface area contributed by atoms with Gasteiger partial charge in [-0.3, -0.25) is 9.59 Å². The van der Waals surface area contributed by atoms with E-state index in [2.05, 4.69) is 26.8 Å². The number of carbonyl (C=O) groups is 2. The van der Waals surface area contributed by atoms with Crippen LogP contribution in [0.5, 0.6) is 11.5 Å². The van der Waals surface area contributed by atoms with E-state index in [0.29, 0.717) is 52.6 Å². The Kier molecular flexibility index (Phi) is 7.70. The quantitative estimate of drug-likeness (QED) is 0.214. The normalized spacial score (nSPS) is 15.6. The lowest BCUT2D eigenvalue weighted by atomic mass is 10.0. The van der Waals surface area contributed by atoms with Crippen LogP contribution >= 0.6 is 11.6 Å². The third-order valence-electron chi connectivity index (χ3n) is 6.72. The minimum Gasteiger partial charge on any atom is -0.457 e. The highest BCUT2D eigenvalue weighted by atomic mass is 35.5. The first-order chi connectivity index (χ1) is 18.5. The van der Waals surface area contributed by atoms with Gasteiger partial charge < -0.3 is 19.9 Å². The standard InChI is InChI=1S/C29H28ClN5O3/c1-2-25(36)35-14-8-4-5-9-19(35)16-31-28-26-23(17-32-29(26)34-18-33-28)27(37)22-13-12-21(15-24(22)30)38-20-10-6-3-7-11-20/h2-3,6-7,10-13,15,17-19H,1,4-5,8-9,14,16H2,(H2,31,32,33,34). The van der Waals surface area contributed by atoms with Crippen molar-refractivity contribution in [3.8, 4) is 11.5 Å². The number of anilines is 1. The van der Waals surface area contributed by atoms with Crippen molar-refractivity contribution in [3.63, 3.8) is 0 Å². The fourth-order valence-corrected chi connectivity index (χ4v) is 5.06. The molecule has 194 valence electrons. The number of hydrogen-bond acceptors (Lipinski definition) is 6. The van der Waals surface area contributed by atoms with Gasteiger partial charge in [0, 0.05) is 37.0 Å². The first kappa shape index (κ1) is 25.5. The summed E-state index contributed by atoms with van der Waals surface area (Å²) in [6, 6.07) is 14.3. The maximum Gasteiger partial charge on any atom is 0.246 e. The van der Waals surface area contributed by atoms with Gasteiger partial charge in [-0.25, -0.2) is 9.97 Å². The number of halogens is 1. The molecule has 8 nitrogen and oxygen atoms in total.